The van der Waals surface area contributed by atoms with Gasteiger partial charge in [-0.3, -0.25) is 9.36 Å². The first-order valence-corrected chi connectivity index (χ1v) is 12.5. The molecule has 1 aromatic heterocycles. The maximum absolute atomic E-state index is 13.8. The first-order chi connectivity index (χ1) is 17.8. The Morgan fingerprint density at radius 1 is 1.19 bits per heavy atom. The molecule has 2 heterocycles. The van der Waals surface area contributed by atoms with E-state index >= 15 is 0 Å². The van der Waals surface area contributed by atoms with Crippen molar-refractivity contribution in [2.45, 2.75) is 26.3 Å². The van der Waals surface area contributed by atoms with Gasteiger partial charge in [-0.1, -0.05) is 29.5 Å². The Balaban J connectivity index is 1.95. The van der Waals surface area contributed by atoms with E-state index in [0.717, 1.165) is 5.56 Å². The number of carbonyl (C=O) groups excluding carboxylic acids is 1. The molecule has 0 spiro atoms. The quantitative estimate of drug-likeness (QED) is 0.362. The van der Waals surface area contributed by atoms with Gasteiger partial charge in [-0.25, -0.2) is 9.79 Å². The van der Waals surface area contributed by atoms with Crippen LogP contribution >= 0.6 is 11.3 Å². The summed E-state index contributed by atoms with van der Waals surface area (Å²) in [5, 5.41) is 10.1. The molecule has 1 aliphatic heterocycles. The van der Waals surface area contributed by atoms with E-state index in [4.69, 9.17) is 14.2 Å². The molecule has 1 N–H and O–H groups in total. The molecule has 1 aliphatic rings. The largest absolute Gasteiger partial charge is 0.508 e. The molecule has 37 heavy (non-hydrogen) atoms. The average molecular weight is 521 g/mol. The molecule has 0 saturated heterocycles. The van der Waals surface area contributed by atoms with Crippen molar-refractivity contribution in [1.82, 2.24) is 4.57 Å². The van der Waals surface area contributed by atoms with Crippen LogP contribution in [0.5, 0.6) is 17.2 Å². The number of aromatic hydroxyl groups is 1. The Labute approximate surface area is 218 Å². The molecule has 4 rings (SSSR count). The highest BCUT2D eigenvalue weighted by molar-refractivity contribution is 7.07. The second-order valence-corrected chi connectivity index (χ2v) is 9.31. The third-order valence-corrected chi connectivity index (χ3v) is 6.99. The van der Waals surface area contributed by atoms with Crippen molar-refractivity contribution >= 4 is 23.4 Å². The van der Waals surface area contributed by atoms with Gasteiger partial charge in [-0.2, -0.15) is 0 Å². The summed E-state index contributed by atoms with van der Waals surface area (Å²) in [6.45, 7) is 7.38. The van der Waals surface area contributed by atoms with Gasteiger partial charge in [0.1, 0.15) is 5.75 Å². The van der Waals surface area contributed by atoms with Crippen LogP contribution in [0.2, 0.25) is 0 Å². The normalized spacial score (nSPS) is 15.1. The van der Waals surface area contributed by atoms with E-state index in [0.29, 0.717) is 44.1 Å². The van der Waals surface area contributed by atoms with Crippen LogP contribution in [0.3, 0.4) is 0 Å². The number of aromatic nitrogens is 1. The highest BCUT2D eigenvalue weighted by atomic mass is 32.1. The number of ether oxygens (including phenoxy) is 3. The van der Waals surface area contributed by atoms with Crippen LogP contribution in [0.4, 0.5) is 0 Å². The summed E-state index contributed by atoms with van der Waals surface area (Å²) in [6, 6.07) is 9.66. The van der Waals surface area contributed by atoms with Crippen LogP contribution in [0.25, 0.3) is 6.08 Å². The van der Waals surface area contributed by atoms with E-state index in [9.17, 15) is 14.7 Å². The summed E-state index contributed by atoms with van der Waals surface area (Å²) < 4.78 is 18.2. The molecule has 192 valence electrons. The van der Waals surface area contributed by atoms with E-state index in [1.165, 1.54) is 23.0 Å². The number of hydrogen-bond acceptors (Lipinski definition) is 8. The van der Waals surface area contributed by atoms with Gasteiger partial charge in [0.05, 0.1) is 42.7 Å². The Morgan fingerprint density at radius 2 is 1.95 bits per heavy atom. The van der Waals surface area contributed by atoms with Crippen molar-refractivity contribution < 1.29 is 24.1 Å². The van der Waals surface area contributed by atoms with Crippen LogP contribution in [-0.4, -0.2) is 36.5 Å². The van der Waals surface area contributed by atoms with Gasteiger partial charge in [-0.15, -0.1) is 6.58 Å². The first-order valence-electron chi connectivity index (χ1n) is 11.7. The number of hydrogen-bond donors (Lipinski definition) is 1. The Morgan fingerprint density at radius 3 is 2.62 bits per heavy atom. The minimum absolute atomic E-state index is 0.168. The SMILES string of the molecule is C=CCc1cc(/C=c2/sc3n(c2=O)[C@@H](c2ccc(OC)c(OC)c2)C(C(=O)OCC)=C(C)N=3)ccc1O. The van der Waals surface area contributed by atoms with Crippen LogP contribution < -0.4 is 24.4 Å². The van der Waals surface area contributed by atoms with Crippen molar-refractivity contribution in [2.75, 3.05) is 20.8 Å². The van der Waals surface area contributed by atoms with Gasteiger partial charge in [0.15, 0.2) is 16.3 Å². The number of thiazole rings is 1. The van der Waals surface area contributed by atoms with Gasteiger partial charge in [-0.05, 0) is 67.3 Å². The molecule has 2 aromatic carbocycles. The number of benzene rings is 2. The van der Waals surface area contributed by atoms with Gasteiger partial charge >= 0.3 is 5.97 Å². The number of esters is 1. The molecule has 1 atom stereocenters. The lowest BCUT2D eigenvalue weighted by molar-refractivity contribution is -0.139. The van der Waals surface area contributed by atoms with Gasteiger partial charge < -0.3 is 19.3 Å². The number of phenols is 1. The smallest absolute Gasteiger partial charge is 0.338 e. The van der Waals surface area contributed by atoms with Gasteiger partial charge in [0.2, 0.25) is 0 Å². The molecule has 0 unspecified atom stereocenters. The van der Waals surface area contributed by atoms with E-state index in [2.05, 4.69) is 11.6 Å². The molecule has 8 nitrogen and oxygen atoms in total. The van der Waals surface area contributed by atoms with Crippen LogP contribution in [0.15, 0.2) is 70.1 Å². The molecular weight excluding hydrogens is 492 g/mol. The predicted molar refractivity (Wildman–Crippen MR) is 142 cm³/mol. The van der Waals surface area contributed by atoms with Crippen LogP contribution in [0, 0.1) is 0 Å². The van der Waals surface area contributed by atoms with Gasteiger partial charge in [0.25, 0.3) is 5.56 Å². The number of rotatable bonds is 8. The second kappa shape index (κ2) is 10.9. The zero-order valence-corrected chi connectivity index (χ0v) is 21.9. The summed E-state index contributed by atoms with van der Waals surface area (Å²) in [6.07, 6.45) is 3.95. The summed E-state index contributed by atoms with van der Waals surface area (Å²) in [7, 11) is 3.07. The lowest BCUT2D eigenvalue weighted by atomic mass is 9.95. The van der Waals surface area contributed by atoms with Crippen molar-refractivity contribution in [2.24, 2.45) is 4.99 Å². The van der Waals surface area contributed by atoms with Crippen LogP contribution in [-0.2, 0) is 16.0 Å². The zero-order chi connectivity index (χ0) is 26.7. The molecule has 3 aromatic rings. The first kappa shape index (κ1) is 26.0. The third-order valence-electron chi connectivity index (χ3n) is 6.01. The van der Waals surface area contributed by atoms with E-state index in [-0.39, 0.29) is 23.5 Å². The number of phenolic OH excluding ortho intramolecular Hbond substituents is 1. The maximum atomic E-state index is 13.8. The number of fused-ring (bicyclic) bond motifs is 1. The third kappa shape index (κ3) is 4.95. The predicted octanol–water partition coefficient (Wildman–Crippen LogP) is 3.25. The van der Waals surface area contributed by atoms with Crippen molar-refractivity contribution in [1.29, 1.82) is 0 Å². The molecule has 0 bridgehead atoms. The fourth-order valence-corrected chi connectivity index (χ4v) is 5.34. The highest BCUT2D eigenvalue weighted by Crippen LogP contribution is 2.36. The number of nitrogens with zero attached hydrogens (tertiary/aromatic N) is 2. The lowest BCUT2D eigenvalue weighted by Crippen LogP contribution is -2.40. The van der Waals surface area contributed by atoms with E-state index in [1.54, 1.807) is 63.4 Å². The Bertz CT molecular complexity index is 1580. The molecule has 0 fully saturated rings. The monoisotopic (exact) mass is 520 g/mol. The zero-order valence-electron chi connectivity index (χ0n) is 21.1. The Kier molecular flexibility index (Phi) is 7.63. The summed E-state index contributed by atoms with van der Waals surface area (Å²) in [5.74, 6) is 0.630. The molecular formula is C28H28N2O6S. The van der Waals surface area contributed by atoms with Gasteiger partial charge in [0, 0.05) is 0 Å². The highest BCUT2D eigenvalue weighted by Gasteiger charge is 2.33. The lowest BCUT2D eigenvalue weighted by Gasteiger charge is -2.25. The fourth-order valence-electron chi connectivity index (χ4n) is 4.30. The maximum Gasteiger partial charge on any atom is 0.338 e. The van der Waals surface area contributed by atoms with Crippen molar-refractivity contribution in [3.8, 4) is 17.2 Å². The molecule has 9 heteroatoms. The number of methoxy groups -OCH3 is 2. The minimum Gasteiger partial charge on any atom is -0.508 e. The second-order valence-electron chi connectivity index (χ2n) is 8.30. The molecule has 0 aliphatic carbocycles. The van der Waals surface area contributed by atoms with Crippen molar-refractivity contribution in [3.63, 3.8) is 0 Å². The number of allylic oxidation sites excluding steroid dienone is 2. The van der Waals surface area contributed by atoms with Crippen LogP contribution in [0.1, 0.15) is 36.6 Å². The molecule has 0 radical (unpaired) electrons. The summed E-state index contributed by atoms with van der Waals surface area (Å²) in [5.41, 5.74) is 2.58. The molecule has 0 saturated carbocycles. The average Bonchev–Trinajstić information content (AvgIpc) is 3.19. The summed E-state index contributed by atoms with van der Waals surface area (Å²) >= 11 is 1.23. The minimum atomic E-state index is -0.770. The molecule has 0 amide bonds. The fraction of sp³-hybridized carbons (Fsp3) is 0.250. The van der Waals surface area contributed by atoms with E-state index in [1.807, 2.05) is 6.07 Å². The standard InChI is InChI=1S/C28H28N2O6S/c1-6-8-18-13-17(9-11-20(18)31)14-23-26(32)30-25(19-10-12-21(34-4)22(15-19)35-5)24(27(33)36-7-2)16(3)29-28(30)37-23/h6,9-15,25,31H,1,7-8H2,2-5H3/b23-14+/t25-/m0/s1. The topological polar surface area (TPSA) is 99.4 Å². The summed E-state index contributed by atoms with van der Waals surface area (Å²) in [4.78, 5) is 31.9. The Hall–Kier alpha value is -4.11. The van der Waals surface area contributed by atoms with Crippen molar-refractivity contribution in [3.05, 3.63) is 96.7 Å². The van der Waals surface area contributed by atoms with E-state index < -0.39 is 12.0 Å². The number of carbonyl (C=O) groups is 1.